The number of rotatable bonds is 5. The Labute approximate surface area is 158 Å². The Morgan fingerprint density at radius 2 is 1.73 bits per heavy atom. The third kappa shape index (κ3) is 5.30. The quantitative estimate of drug-likeness (QED) is 0.868. The summed E-state index contributed by atoms with van der Waals surface area (Å²) in [7, 11) is 0. The van der Waals surface area contributed by atoms with Gasteiger partial charge in [-0.15, -0.1) is 0 Å². The van der Waals surface area contributed by atoms with Gasteiger partial charge in [-0.1, -0.05) is 20.8 Å². The smallest absolute Gasteiger partial charge is 0.134 e. The Morgan fingerprint density at radius 1 is 1.04 bits per heavy atom. The van der Waals surface area contributed by atoms with E-state index in [2.05, 4.69) is 51.5 Å². The number of anilines is 2. The van der Waals surface area contributed by atoms with Gasteiger partial charge in [-0.3, -0.25) is 4.90 Å². The van der Waals surface area contributed by atoms with Crippen LogP contribution in [0.1, 0.15) is 40.0 Å². The van der Waals surface area contributed by atoms with E-state index in [0.717, 1.165) is 63.7 Å². The molecule has 6 nitrogen and oxygen atoms in total. The summed E-state index contributed by atoms with van der Waals surface area (Å²) in [5, 5.41) is 9.46. The van der Waals surface area contributed by atoms with Gasteiger partial charge in [0.05, 0.1) is 0 Å². The summed E-state index contributed by atoms with van der Waals surface area (Å²) >= 11 is 0. The molecular weight excluding hydrogens is 326 g/mol. The fourth-order valence-corrected chi connectivity index (χ4v) is 3.80. The topological polar surface area (TPSA) is 55.7 Å². The first-order chi connectivity index (χ1) is 12.4. The van der Waals surface area contributed by atoms with Crippen LogP contribution in [0.15, 0.2) is 12.4 Å². The van der Waals surface area contributed by atoms with Crippen LogP contribution in [0, 0.1) is 11.3 Å². The molecule has 0 aliphatic carbocycles. The second kappa shape index (κ2) is 8.53. The van der Waals surface area contributed by atoms with Crippen LogP contribution in [0.25, 0.3) is 0 Å². The summed E-state index contributed by atoms with van der Waals surface area (Å²) < 4.78 is 0. The van der Waals surface area contributed by atoms with Crippen LogP contribution in [-0.4, -0.2) is 72.4 Å². The molecule has 3 heterocycles. The molecule has 0 radical (unpaired) electrons. The zero-order valence-electron chi connectivity index (χ0n) is 16.7. The van der Waals surface area contributed by atoms with Crippen LogP contribution in [0.3, 0.4) is 0 Å². The fourth-order valence-electron chi connectivity index (χ4n) is 3.80. The molecule has 26 heavy (non-hydrogen) atoms. The molecule has 1 unspecified atom stereocenters. The Kier molecular flexibility index (Phi) is 6.35. The number of piperidine rings is 1. The summed E-state index contributed by atoms with van der Waals surface area (Å²) in [6, 6.07) is 2.13. The Hall–Kier alpha value is -1.40. The van der Waals surface area contributed by atoms with E-state index in [-0.39, 0.29) is 6.61 Å². The number of hydrogen-bond donors (Lipinski definition) is 1. The maximum atomic E-state index is 9.46. The van der Waals surface area contributed by atoms with Crippen molar-refractivity contribution in [3.63, 3.8) is 0 Å². The van der Waals surface area contributed by atoms with Gasteiger partial charge in [0.25, 0.3) is 0 Å². The van der Waals surface area contributed by atoms with E-state index < -0.39 is 0 Å². The summed E-state index contributed by atoms with van der Waals surface area (Å²) in [4.78, 5) is 16.3. The van der Waals surface area contributed by atoms with Crippen molar-refractivity contribution < 1.29 is 5.11 Å². The Bertz CT molecular complexity index is 566. The first-order valence-corrected chi connectivity index (χ1v) is 10.1. The second-order valence-electron chi connectivity index (χ2n) is 9.01. The minimum Gasteiger partial charge on any atom is -0.396 e. The molecular formula is C20H35N5O. The Balaban J connectivity index is 1.56. The molecule has 3 rings (SSSR count). The van der Waals surface area contributed by atoms with Gasteiger partial charge in [0, 0.05) is 51.9 Å². The van der Waals surface area contributed by atoms with Gasteiger partial charge in [0.1, 0.15) is 18.0 Å². The molecule has 0 bridgehead atoms. The highest BCUT2D eigenvalue weighted by atomic mass is 16.3. The number of piperazine rings is 1. The molecule has 2 aliphatic heterocycles. The van der Waals surface area contributed by atoms with Gasteiger partial charge in [0.2, 0.25) is 0 Å². The number of aliphatic hydroxyl groups excluding tert-OH is 1. The van der Waals surface area contributed by atoms with Crippen molar-refractivity contribution in [2.75, 3.05) is 62.2 Å². The maximum absolute atomic E-state index is 9.46. The lowest BCUT2D eigenvalue weighted by atomic mass is 9.92. The standard InChI is InChI=1S/C20H35N5O/c1-20(2,3)6-8-23-9-11-24(12-10-23)18-13-19(22-16-21-18)25-7-4-5-17(14-25)15-26/h13,16-17,26H,4-12,14-15H2,1-3H3. The molecule has 0 saturated carbocycles. The molecule has 1 atom stereocenters. The van der Waals surface area contributed by atoms with E-state index in [9.17, 15) is 5.11 Å². The summed E-state index contributed by atoms with van der Waals surface area (Å²) in [6.07, 6.45) is 5.17. The number of aromatic nitrogens is 2. The van der Waals surface area contributed by atoms with Gasteiger partial charge >= 0.3 is 0 Å². The van der Waals surface area contributed by atoms with Crippen molar-refractivity contribution in [2.45, 2.75) is 40.0 Å². The molecule has 1 aromatic heterocycles. The predicted molar refractivity (Wildman–Crippen MR) is 107 cm³/mol. The number of nitrogens with zero attached hydrogens (tertiary/aromatic N) is 5. The minimum atomic E-state index is 0.269. The van der Waals surface area contributed by atoms with E-state index in [1.807, 2.05) is 0 Å². The van der Waals surface area contributed by atoms with Crippen LogP contribution in [0.4, 0.5) is 11.6 Å². The number of hydrogen-bond acceptors (Lipinski definition) is 6. The zero-order valence-corrected chi connectivity index (χ0v) is 16.7. The first kappa shape index (κ1) is 19.4. The van der Waals surface area contributed by atoms with Crippen molar-refractivity contribution in [3.05, 3.63) is 12.4 Å². The molecule has 1 N–H and O–H groups in total. The summed E-state index contributed by atoms with van der Waals surface area (Å²) in [5.41, 5.74) is 0.402. The van der Waals surface area contributed by atoms with Gasteiger partial charge in [0.15, 0.2) is 0 Å². The van der Waals surface area contributed by atoms with Crippen molar-refractivity contribution in [3.8, 4) is 0 Å². The van der Waals surface area contributed by atoms with Gasteiger partial charge in [-0.2, -0.15) is 0 Å². The van der Waals surface area contributed by atoms with Crippen LogP contribution in [-0.2, 0) is 0 Å². The van der Waals surface area contributed by atoms with E-state index in [4.69, 9.17) is 0 Å². The van der Waals surface area contributed by atoms with E-state index >= 15 is 0 Å². The lowest BCUT2D eigenvalue weighted by Crippen LogP contribution is -2.47. The molecule has 146 valence electrons. The molecule has 2 aliphatic rings. The van der Waals surface area contributed by atoms with Crippen molar-refractivity contribution >= 4 is 11.6 Å². The minimum absolute atomic E-state index is 0.269. The second-order valence-corrected chi connectivity index (χ2v) is 9.01. The lowest BCUT2D eigenvalue weighted by molar-refractivity contribution is 0.208. The maximum Gasteiger partial charge on any atom is 0.134 e. The summed E-state index contributed by atoms with van der Waals surface area (Å²) in [5.74, 6) is 2.41. The predicted octanol–water partition coefficient (Wildman–Crippen LogP) is 2.24. The van der Waals surface area contributed by atoms with E-state index in [1.165, 1.54) is 13.0 Å². The molecule has 1 aromatic rings. The average Bonchev–Trinajstić information content (AvgIpc) is 2.66. The fraction of sp³-hybridized carbons (Fsp3) is 0.800. The average molecular weight is 362 g/mol. The molecule has 0 aromatic carbocycles. The molecule has 2 saturated heterocycles. The Morgan fingerprint density at radius 3 is 2.38 bits per heavy atom. The van der Waals surface area contributed by atoms with Crippen LogP contribution < -0.4 is 9.80 Å². The molecule has 0 amide bonds. The SMILES string of the molecule is CC(C)(C)CCN1CCN(c2cc(N3CCCC(CO)C3)ncn2)CC1. The number of aliphatic hydroxyl groups is 1. The lowest BCUT2D eigenvalue weighted by Gasteiger charge is -2.37. The highest BCUT2D eigenvalue weighted by Crippen LogP contribution is 2.25. The van der Waals surface area contributed by atoms with Crippen molar-refractivity contribution in [2.24, 2.45) is 11.3 Å². The van der Waals surface area contributed by atoms with E-state index in [0.29, 0.717) is 11.3 Å². The van der Waals surface area contributed by atoms with Crippen molar-refractivity contribution in [1.29, 1.82) is 0 Å². The monoisotopic (exact) mass is 361 g/mol. The third-order valence-electron chi connectivity index (χ3n) is 5.61. The molecule has 6 heteroatoms. The van der Waals surface area contributed by atoms with Crippen LogP contribution in [0.5, 0.6) is 0 Å². The van der Waals surface area contributed by atoms with Crippen LogP contribution in [0.2, 0.25) is 0 Å². The highest BCUT2D eigenvalue weighted by Gasteiger charge is 2.23. The summed E-state index contributed by atoms with van der Waals surface area (Å²) in [6.45, 7) is 14.6. The van der Waals surface area contributed by atoms with Gasteiger partial charge in [-0.05, 0) is 37.1 Å². The third-order valence-corrected chi connectivity index (χ3v) is 5.61. The molecule has 2 fully saturated rings. The normalized spacial score (nSPS) is 22.7. The first-order valence-electron chi connectivity index (χ1n) is 10.1. The zero-order chi connectivity index (χ0) is 18.6. The van der Waals surface area contributed by atoms with Crippen molar-refractivity contribution in [1.82, 2.24) is 14.9 Å². The van der Waals surface area contributed by atoms with E-state index in [1.54, 1.807) is 6.33 Å². The highest BCUT2D eigenvalue weighted by molar-refractivity contribution is 5.50. The van der Waals surface area contributed by atoms with Gasteiger partial charge < -0.3 is 14.9 Å². The molecule has 0 spiro atoms. The van der Waals surface area contributed by atoms with Crippen LogP contribution >= 0.6 is 0 Å². The largest absolute Gasteiger partial charge is 0.396 e. The van der Waals surface area contributed by atoms with Gasteiger partial charge in [-0.25, -0.2) is 9.97 Å².